The normalized spacial score (nSPS) is 31.2. The van der Waals surface area contributed by atoms with Crippen LogP contribution in [0.1, 0.15) is 57.1 Å². The van der Waals surface area contributed by atoms with E-state index >= 15 is 0 Å². The second kappa shape index (κ2) is 8.98. The highest BCUT2D eigenvalue weighted by Gasteiger charge is 2.66. The lowest BCUT2D eigenvalue weighted by Crippen LogP contribution is -2.53. The molecule has 3 aliphatic rings. The van der Waals surface area contributed by atoms with Crippen molar-refractivity contribution in [3.63, 3.8) is 0 Å². The zero-order chi connectivity index (χ0) is 26.0. The molecule has 0 radical (unpaired) electrons. The lowest BCUT2D eigenvalue weighted by Gasteiger charge is -2.38. The van der Waals surface area contributed by atoms with E-state index in [0.717, 1.165) is 0 Å². The van der Waals surface area contributed by atoms with Crippen LogP contribution in [0.5, 0.6) is 0 Å². The van der Waals surface area contributed by atoms with Crippen LogP contribution >= 0.6 is 23.2 Å². The van der Waals surface area contributed by atoms with E-state index in [4.69, 9.17) is 23.2 Å². The number of anilines is 1. The molecule has 4 atom stereocenters. The first-order valence-corrected chi connectivity index (χ1v) is 13.0. The van der Waals surface area contributed by atoms with Crippen LogP contribution in [0.3, 0.4) is 0 Å². The van der Waals surface area contributed by atoms with Gasteiger partial charge in [-0.25, -0.2) is 4.39 Å². The first-order valence-electron chi connectivity index (χ1n) is 12.2. The van der Waals surface area contributed by atoms with E-state index in [0.29, 0.717) is 41.1 Å². The van der Waals surface area contributed by atoms with Gasteiger partial charge in [-0.2, -0.15) is 0 Å². The Bertz CT molecular complexity index is 1230. The summed E-state index contributed by atoms with van der Waals surface area (Å²) in [5.41, 5.74) is 0.150. The molecule has 1 saturated carbocycles. The fourth-order valence-electron chi connectivity index (χ4n) is 6.13. The van der Waals surface area contributed by atoms with Gasteiger partial charge in [-0.3, -0.25) is 9.59 Å². The number of hydrogen-bond donors (Lipinski definition) is 4. The molecule has 6 nitrogen and oxygen atoms in total. The summed E-state index contributed by atoms with van der Waals surface area (Å²) in [6.07, 6.45) is 1.11. The number of carbonyl (C=O) groups is 2. The topological polar surface area (TPSA) is 90.5 Å². The van der Waals surface area contributed by atoms with Gasteiger partial charge in [-0.15, -0.1) is 0 Å². The number of benzene rings is 2. The maximum absolute atomic E-state index is 14.9. The number of carbonyl (C=O) groups excluding carboxylic acids is 2. The van der Waals surface area contributed by atoms with E-state index in [1.54, 1.807) is 18.2 Å². The van der Waals surface area contributed by atoms with Crippen molar-refractivity contribution >= 4 is 40.7 Å². The van der Waals surface area contributed by atoms with E-state index in [-0.39, 0.29) is 28.3 Å². The molecular weight excluding hydrogens is 504 g/mol. The lowest BCUT2D eigenvalue weighted by atomic mass is 9.62. The number of rotatable bonds is 4. The monoisotopic (exact) mass is 533 g/mol. The van der Waals surface area contributed by atoms with Gasteiger partial charge in [0.2, 0.25) is 11.8 Å². The minimum Gasteiger partial charge on any atom is -0.393 e. The average Bonchev–Trinajstić information content (AvgIpc) is 3.22. The predicted molar refractivity (Wildman–Crippen MR) is 138 cm³/mol. The van der Waals surface area contributed by atoms with E-state index in [2.05, 4.69) is 36.7 Å². The Kier molecular flexibility index (Phi) is 6.35. The molecule has 0 unspecified atom stereocenters. The summed E-state index contributed by atoms with van der Waals surface area (Å²) < 4.78 is 14.9. The van der Waals surface area contributed by atoms with Crippen molar-refractivity contribution in [2.75, 3.05) is 5.32 Å². The molecule has 0 aromatic heterocycles. The van der Waals surface area contributed by atoms with Gasteiger partial charge in [0.05, 0.1) is 17.2 Å². The highest BCUT2D eigenvalue weighted by Crippen LogP contribution is 2.57. The molecule has 36 heavy (non-hydrogen) atoms. The average molecular weight is 534 g/mol. The SMILES string of the molecule is CC(C)(C)C[C@@H]1N[C@@H](C(=O)N[C@H]2C[C@@H](O)C2)[C@H](c2cccc(Cl)c2)[C@]12C(=O)Nc1cc(Cl)c(F)cc12. The fraction of sp³-hybridized carbons (Fsp3) is 0.481. The predicted octanol–water partition coefficient (Wildman–Crippen LogP) is 4.52. The zero-order valence-electron chi connectivity index (χ0n) is 20.4. The standard InChI is InChI=1S/C27H30Cl2FN3O3/c1-26(2,3)12-21-27(17-10-19(30)18(29)11-20(17)32-25(27)36)22(13-5-4-6-14(28)7-13)23(33-21)24(35)31-15-8-16(34)9-15/h4-7,10-11,15-16,21-23,33-34H,8-9,12H2,1-3H3,(H,31,35)(H,32,36)/t15-,16+,21-,22-,23+,27+/m0/s1. The van der Waals surface area contributed by atoms with Crippen molar-refractivity contribution < 1.29 is 19.1 Å². The van der Waals surface area contributed by atoms with Crippen LogP contribution in [0.25, 0.3) is 0 Å². The van der Waals surface area contributed by atoms with Gasteiger partial charge < -0.3 is 21.1 Å². The van der Waals surface area contributed by atoms with E-state index in [9.17, 15) is 19.1 Å². The van der Waals surface area contributed by atoms with E-state index < -0.39 is 35.3 Å². The zero-order valence-corrected chi connectivity index (χ0v) is 21.9. The van der Waals surface area contributed by atoms with Crippen LogP contribution in [-0.4, -0.2) is 41.2 Å². The molecule has 192 valence electrons. The van der Waals surface area contributed by atoms with Crippen molar-refractivity contribution in [1.82, 2.24) is 10.6 Å². The molecule has 1 spiro atoms. The second-order valence-corrected chi connectivity index (χ2v) is 12.3. The first-order chi connectivity index (χ1) is 16.9. The molecule has 5 rings (SSSR count). The fourth-order valence-corrected chi connectivity index (χ4v) is 6.49. The summed E-state index contributed by atoms with van der Waals surface area (Å²) in [6.45, 7) is 6.20. The molecule has 2 aliphatic heterocycles. The number of aliphatic hydroxyl groups excluding tert-OH is 1. The minimum absolute atomic E-state index is 0.0819. The van der Waals surface area contributed by atoms with Crippen LogP contribution < -0.4 is 16.0 Å². The van der Waals surface area contributed by atoms with Crippen molar-refractivity contribution in [2.45, 2.75) is 75.6 Å². The summed E-state index contributed by atoms with van der Waals surface area (Å²) in [4.78, 5) is 27.7. The van der Waals surface area contributed by atoms with Gasteiger partial charge in [0.25, 0.3) is 0 Å². The lowest BCUT2D eigenvalue weighted by molar-refractivity contribution is -0.125. The Balaban J connectivity index is 1.70. The third-order valence-corrected chi connectivity index (χ3v) is 8.18. The molecule has 2 aromatic rings. The Morgan fingerprint density at radius 2 is 1.94 bits per heavy atom. The van der Waals surface area contributed by atoms with Gasteiger partial charge in [0.1, 0.15) is 11.2 Å². The van der Waals surface area contributed by atoms with Crippen molar-refractivity contribution in [3.05, 3.63) is 63.4 Å². The van der Waals surface area contributed by atoms with Crippen molar-refractivity contribution in [2.24, 2.45) is 5.41 Å². The van der Waals surface area contributed by atoms with Crippen LogP contribution in [0.2, 0.25) is 10.0 Å². The van der Waals surface area contributed by atoms with Gasteiger partial charge in [0.15, 0.2) is 0 Å². The van der Waals surface area contributed by atoms with Crippen molar-refractivity contribution in [3.8, 4) is 0 Å². The Hall–Kier alpha value is -2.19. The quantitative estimate of drug-likeness (QED) is 0.465. The summed E-state index contributed by atoms with van der Waals surface area (Å²) in [5.74, 6) is -1.86. The Morgan fingerprint density at radius 1 is 1.22 bits per heavy atom. The number of fused-ring (bicyclic) bond motifs is 2. The van der Waals surface area contributed by atoms with Crippen LogP contribution in [-0.2, 0) is 15.0 Å². The third kappa shape index (κ3) is 4.20. The third-order valence-electron chi connectivity index (χ3n) is 7.65. The van der Waals surface area contributed by atoms with Crippen LogP contribution in [0.15, 0.2) is 36.4 Å². The van der Waals surface area contributed by atoms with E-state index in [1.807, 2.05) is 6.07 Å². The van der Waals surface area contributed by atoms with Gasteiger partial charge in [0, 0.05) is 28.7 Å². The second-order valence-electron chi connectivity index (χ2n) is 11.5. The number of nitrogens with one attached hydrogen (secondary N) is 3. The first kappa shape index (κ1) is 25.5. The van der Waals surface area contributed by atoms with Gasteiger partial charge >= 0.3 is 0 Å². The molecule has 2 heterocycles. The minimum atomic E-state index is -1.28. The molecule has 4 N–H and O–H groups in total. The number of hydrogen-bond acceptors (Lipinski definition) is 4. The van der Waals surface area contributed by atoms with Crippen LogP contribution in [0, 0.1) is 11.2 Å². The highest BCUT2D eigenvalue weighted by atomic mass is 35.5. The molecule has 2 aromatic carbocycles. The smallest absolute Gasteiger partial charge is 0.238 e. The maximum Gasteiger partial charge on any atom is 0.238 e. The molecule has 0 bridgehead atoms. The maximum atomic E-state index is 14.9. The number of halogens is 3. The number of aliphatic hydroxyl groups is 1. The molecule has 9 heteroatoms. The molecule has 2 amide bonds. The Morgan fingerprint density at radius 3 is 2.58 bits per heavy atom. The summed E-state index contributed by atoms with van der Waals surface area (Å²) in [6, 6.07) is 8.50. The highest BCUT2D eigenvalue weighted by molar-refractivity contribution is 6.31. The van der Waals surface area contributed by atoms with Crippen LogP contribution in [0.4, 0.5) is 10.1 Å². The molecule has 1 aliphatic carbocycles. The molecule has 1 saturated heterocycles. The number of amides is 2. The van der Waals surface area contributed by atoms with E-state index in [1.165, 1.54) is 12.1 Å². The van der Waals surface area contributed by atoms with Gasteiger partial charge in [-0.1, -0.05) is 56.1 Å². The summed E-state index contributed by atoms with van der Waals surface area (Å²) in [7, 11) is 0. The summed E-state index contributed by atoms with van der Waals surface area (Å²) >= 11 is 12.5. The van der Waals surface area contributed by atoms with Crippen molar-refractivity contribution in [1.29, 1.82) is 0 Å². The largest absolute Gasteiger partial charge is 0.393 e. The van der Waals surface area contributed by atoms with Gasteiger partial charge in [-0.05, 0) is 60.1 Å². The summed E-state index contributed by atoms with van der Waals surface area (Å²) in [5, 5.41) is 19.5. The Labute approximate surface area is 219 Å². The molecular formula is C27H30Cl2FN3O3. The molecule has 2 fully saturated rings.